The SMILES string of the molecule is Nc1cccc(CO/N=C(/c2ccccc2)c2noc(=O)[nH]2)n1. The number of pyridine rings is 1. The molecule has 0 aliphatic heterocycles. The molecule has 0 unspecified atom stereocenters. The van der Waals surface area contributed by atoms with Gasteiger partial charge in [-0.15, -0.1) is 0 Å². The predicted octanol–water partition coefficient (Wildman–Crippen LogP) is 1.31. The summed E-state index contributed by atoms with van der Waals surface area (Å²) in [4.78, 5) is 23.0. The number of benzene rings is 1. The number of rotatable bonds is 5. The van der Waals surface area contributed by atoms with E-state index in [0.29, 0.717) is 17.2 Å². The van der Waals surface area contributed by atoms with E-state index in [1.54, 1.807) is 18.2 Å². The molecule has 0 atom stereocenters. The lowest BCUT2D eigenvalue weighted by atomic mass is 10.1. The lowest BCUT2D eigenvalue weighted by Gasteiger charge is -2.04. The Morgan fingerprint density at radius 1 is 1.22 bits per heavy atom. The fraction of sp³-hybridized carbons (Fsp3) is 0.0667. The first-order valence-corrected chi connectivity index (χ1v) is 6.75. The van der Waals surface area contributed by atoms with Crippen molar-refractivity contribution in [3.8, 4) is 0 Å². The van der Waals surface area contributed by atoms with Crippen molar-refractivity contribution >= 4 is 11.5 Å². The molecule has 0 saturated carbocycles. The number of oxime groups is 1. The van der Waals surface area contributed by atoms with Gasteiger partial charge in [0.05, 0.1) is 5.69 Å². The standard InChI is InChI=1S/C15H13N5O3/c16-12-8-4-7-11(17-12)9-22-19-13(10-5-2-1-3-6-10)14-18-15(21)23-20-14/h1-8H,9H2,(H2,16,17)(H,18,20,21)/b19-13-. The zero-order valence-electron chi connectivity index (χ0n) is 12.0. The number of aromatic nitrogens is 3. The molecule has 0 bridgehead atoms. The van der Waals surface area contributed by atoms with Crippen LogP contribution in [0.5, 0.6) is 0 Å². The molecule has 3 N–H and O–H groups in total. The second-order valence-corrected chi connectivity index (χ2v) is 4.58. The van der Waals surface area contributed by atoms with Gasteiger partial charge in [0.25, 0.3) is 0 Å². The zero-order valence-corrected chi connectivity index (χ0v) is 12.0. The molecule has 2 aromatic heterocycles. The molecule has 1 aromatic carbocycles. The van der Waals surface area contributed by atoms with Gasteiger partial charge in [0.1, 0.15) is 5.82 Å². The summed E-state index contributed by atoms with van der Waals surface area (Å²) in [5.74, 6) is -0.0814. The summed E-state index contributed by atoms with van der Waals surface area (Å²) >= 11 is 0. The molecule has 23 heavy (non-hydrogen) atoms. The van der Waals surface area contributed by atoms with E-state index in [4.69, 9.17) is 10.6 Å². The highest BCUT2D eigenvalue weighted by molar-refractivity contribution is 6.10. The van der Waals surface area contributed by atoms with Crippen LogP contribution in [0.3, 0.4) is 0 Å². The largest absolute Gasteiger partial charge is 0.439 e. The third kappa shape index (κ3) is 3.62. The first-order valence-electron chi connectivity index (χ1n) is 6.75. The van der Waals surface area contributed by atoms with Crippen molar-refractivity contribution in [2.24, 2.45) is 5.16 Å². The highest BCUT2D eigenvalue weighted by Gasteiger charge is 2.13. The summed E-state index contributed by atoms with van der Waals surface area (Å²) in [7, 11) is 0. The third-order valence-electron chi connectivity index (χ3n) is 2.91. The van der Waals surface area contributed by atoms with Gasteiger partial charge in [-0.05, 0) is 12.1 Å². The van der Waals surface area contributed by atoms with Crippen LogP contribution in [0.15, 0.2) is 63.0 Å². The molecule has 116 valence electrons. The van der Waals surface area contributed by atoms with Crippen LogP contribution in [-0.4, -0.2) is 20.8 Å². The maximum Gasteiger partial charge on any atom is 0.439 e. The zero-order chi connectivity index (χ0) is 16.1. The van der Waals surface area contributed by atoms with Crippen LogP contribution >= 0.6 is 0 Å². The molecule has 0 saturated heterocycles. The monoisotopic (exact) mass is 311 g/mol. The number of aromatic amines is 1. The molecule has 0 amide bonds. The Morgan fingerprint density at radius 2 is 2.04 bits per heavy atom. The maximum atomic E-state index is 11.2. The molecular weight excluding hydrogens is 298 g/mol. The van der Waals surface area contributed by atoms with Crippen LogP contribution in [0, 0.1) is 0 Å². The number of nitrogens with one attached hydrogen (secondary N) is 1. The Balaban J connectivity index is 1.85. The summed E-state index contributed by atoms with van der Waals surface area (Å²) in [6, 6.07) is 14.4. The van der Waals surface area contributed by atoms with Crippen molar-refractivity contribution in [2.75, 3.05) is 5.73 Å². The minimum Gasteiger partial charge on any atom is -0.389 e. The predicted molar refractivity (Wildman–Crippen MR) is 82.6 cm³/mol. The molecule has 3 aromatic rings. The van der Waals surface area contributed by atoms with E-state index < -0.39 is 5.76 Å². The fourth-order valence-corrected chi connectivity index (χ4v) is 1.90. The first kappa shape index (κ1) is 14.5. The molecule has 0 fully saturated rings. The Labute approximate surface area is 130 Å². The lowest BCUT2D eigenvalue weighted by molar-refractivity contribution is 0.128. The van der Waals surface area contributed by atoms with Crippen molar-refractivity contribution in [2.45, 2.75) is 6.61 Å². The van der Waals surface area contributed by atoms with Crippen molar-refractivity contribution in [3.63, 3.8) is 0 Å². The Kier molecular flexibility index (Phi) is 4.14. The smallest absolute Gasteiger partial charge is 0.389 e. The van der Waals surface area contributed by atoms with E-state index in [9.17, 15) is 4.79 Å². The molecule has 2 heterocycles. The average Bonchev–Trinajstić information content (AvgIpc) is 2.99. The van der Waals surface area contributed by atoms with Gasteiger partial charge in [-0.1, -0.05) is 46.7 Å². The maximum absolute atomic E-state index is 11.2. The molecule has 0 spiro atoms. The van der Waals surface area contributed by atoms with Gasteiger partial charge in [0.15, 0.2) is 12.3 Å². The van der Waals surface area contributed by atoms with Gasteiger partial charge in [0, 0.05) is 5.56 Å². The Bertz CT molecular complexity index is 870. The number of nitrogens with zero attached hydrogens (tertiary/aromatic N) is 3. The van der Waals surface area contributed by atoms with Crippen LogP contribution in [-0.2, 0) is 11.4 Å². The summed E-state index contributed by atoms with van der Waals surface area (Å²) in [5.41, 5.74) is 7.31. The normalized spacial score (nSPS) is 11.4. The van der Waals surface area contributed by atoms with Crippen molar-refractivity contribution in [1.82, 2.24) is 15.1 Å². The highest BCUT2D eigenvalue weighted by Crippen LogP contribution is 2.08. The minimum absolute atomic E-state index is 0.128. The second-order valence-electron chi connectivity index (χ2n) is 4.58. The van der Waals surface area contributed by atoms with Gasteiger partial charge >= 0.3 is 5.76 Å². The summed E-state index contributed by atoms with van der Waals surface area (Å²) < 4.78 is 4.52. The third-order valence-corrected chi connectivity index (χ3v) is 2.91. The van der Waals surface area contributed by atoms with E-state index in [0.717, 1.165) is 5.56 Å². The molecule has 8 heteroatoms. The van der Waals surface area contributed by atoms with Gasteiger partial charge in [-0.25, -0.2) is 9.78 Å². The first-order chi connectivity index (χ1) is 11.2. The van der Waals surface area contributed by atoms with E-state index in [-0.39, 0.29) is 12.4 Å². The van der Waals surface area contributed by atoms with E-state index >= 15 is 0 Å². The molecule has 3 rings (SSSR count). The van der Waals surface area contributed by atoms with Gasteiger partial charge in [-0.2, -0.15) is 0 Å². The topological polar surface area (TPSA) is 119 Å². The van der Waals surface area contributed by atoms with Crippen LogP contribution in [0.2, 0.25) is 0 Å². The molecule has 0 aliphatic carbocycles. The quantitative estimate of drug-likeness (QED) is 0.541. The van der Waals surface area contributed by atoms with Crippen molar-refractivity contribution in [3.05, 3.63) is 76.2 Å². The van der Waals surface area contributed by atoms with Crippen LogP contribution < -0.4 is 11.5 Å². The summed E-state index contributed by atoms with van der Waals surface area (Å²) in [6.07, 6.45) is 0. The number of H-pyrrole nitrogens is 1. The van der Waals surface area contributed by atoms with Crippen molar-refractivity contribution in [1.29, 1.82) is 0 Å². The van der Waals surface area contributed by atoms with Gasteiger partial charge in [-0.3, -0.25) is 9.51 Å². The fourth-order valence-electron chi connectivity index (χ4n) is 1.90. The highest BCUT2D eigenvalue weighted by atomic mass is 16.6. The Morgan fingerprint density at radius 3 is 2.74 bits per heavy atom. The molecule has 0 radical (unpaired) electrons. The second kappa shape index (κ2) is 6.56. The van der Waals surface area contributed by atoms with Crippen LogP contribution in [0.1, 0.15) is 17.1 Å². The molecular formula is C15H13N5O3. The number of nitrogen functional groups attached to an aromatic ring is 1. The van der Waals surface area contributed by atoms with Crippen LogP contribution in [0.25, 0.3) is 0 Å². The van der Waals surface area contributed by atoms with E-state index in [2.05, 4.69) is 24.8 Å². The van der Waals surface area contributed by atoms with Gasteiger partial charge < -0.3 is 10.6 Å². The van der Waals surface area contributed by atoms with Gasteiger partial charge in [0.2, 0.25) is 5.82 Å². The number of nitrogens with two attached hydrogens (primary N) is 1. The molecule has 8 nitrogen and oxygen atoms in total. The van der Waals surface area contributed by atoms with Crippen LogP contribution in [0.4, 0.5) is 5.82 Å². The number of hydrogen-bond acceptors (Lipinski definition) is 7. The summed E-state index contributed by atoms with van der Waals surface area (Å²) in [6.45, 7) is 0.128. The summed E-state index contributed by atoms with van der Waals surface area (Å²) in [5, 5.41) is 7.69. The minimum atomic E-state index is -0.666. The number of hydrogen-bond donors (Lipinski definition) is 2. The lowest BCUT2D eigenvalue weighted by Crippen LogP contribution is -2.09. The number of anilines is 1. The van der Waals surface area contributed by atoms with Crippen molar-refractivity contribution < 1.29 is 9.36 Å². The Hall–Kier alpha value is -3.42. The van der Waals surface area contributed by atoms with E-state index in [1.165, 1.54) is 0 Å². The van der Waals surface area contributed by atoms with E-state index in [1.807, 2.05) is 30.3 Å². The molecule has 0 aliphatic rings. The average molecular weight is 311 g/mol.